The van der Waals surface area contributed by atoms with Gasteiger partial charge in [-0.3, -0.25) is 4.90 Å². The Morgan fingerprint density at radius 2 is 2.15 bits per heavy atom. The molecule has 0 amide bonds. The van der Waals surface area contributed by atoms with Gasteiger partial charge in [0.25, 0.3) is 0 Å². The minimum Gasteiger partial charge on any atom is -0.302 e. The van der Waals surface area contributed by atoms with E-state index in [-0.39, 0.29) is 12.6 Å². The largest absolute Gasteiger partial charge is 0.390 e. The first kappa shape index (κ1) is 10.5. The van der Waals surface area contributed by atoms with Crippen LogP contribution in [0.25, 0.3) is 0 Å². The fourth-order valence-electron chi connectivity index (χ4n) is 1.55. The zero-order chi connectivity index (χ0) is 9.90. The maximum atomic E-state index is 11.8. The molecule has 0 radical (unpaired) electrons. The van der Waals surface area contributed by atoms with E-state index in [9.17, 15) is 18.0 Å². The Hall–Kier alpha value is -0.580. The van der Waals surface area contributed by atoms with E-state index in [2.05, 4.69) is 0 Å². The summed E-state index contributed by atoms with van der Waals surface area (Å²) in [7, 11) is 0. The van der Waals surface area contributed by atoms with E-state index < -0.39 is 12.6 Å². The molecule has 1 unspecified atom stereocenters. The van der Waals surface area contributed by atoms with Gasteiger partial charge in [-0.15, -0.1) is 0 Å². The van der Waals surface area contributed by atoms with Crippen molar-refractivity contribution < 1.29 is 18.0 Å². The summed E-state index contributed by atoms with van der Waals surface area (Å²) in [6, 6.07) is -0.289. The van der Waals surface area contributed by atoms with Crippen molar-refractivity contribution in [1.82, 2.24) is 4.90 Å². The van der Waals surface area contributed by atoms with Gasteiger partial charge in [0.2, 0.25) is 0 Å². The average Bonchev–Trinajstić information content (AvgIpc) is 2.46. The number of nitrogens with zero attached hydrogens (tertiary/aromatic N) is 1. The molecule has 1 aliphatic heterocycles. The summed E-state index contributed by atoms with van der Waals surface area (Å²) >= 11 is 0. The molecule has 0 aromatic rings. The van der Waals surface area contributed by atoms with Crippen LogP contribution in [0, 0.1) is 0 Å². The monoisotopic (exact) mass is 195 g/mol. The fourth-order valence-corrected chi connectivity index (χ4v) is 1.55. The SMILES string of the molecule is O=CC1CCCN1CCC(F)(F)F. The molecule has 76 valence electrons. The van der Waals surface area contributed by atoms with Crippen molar-refractivity contribution in [2.75, 3.05) is 13.1 Å². The quantitative estimate of drug-likeness (QED) is 0.637. The van der Waals surface area contributed by atoms with Gasteiger partial charge in [-0.1, -0.05) is 0 Å². The lowest BCUT2D eigenvalue weighted by Gasteiger charge is -2.20. The van der Waals surface area contributed by atoms with Crippen molar-refractivity contribution in [3.8, 4) is 0 Å². The molecule has 0 spiro atoms. The van der Waals surface area contributed by atoms with Crippen molar-refractivity contribution in [3.63, 3.8) is 0 Å². The number of aldehydes is 1. The Balaban J connectivity index is 2.32. The third-order valence-corrected chi connectivity index (χ3v) is 2.25. The molecule has 0 saturated carbocycles. The first-order valence-corrected chi connectivity index (χ1v) is 4.29. The predicted molar refractivity (Wildman–Crippen MR) is 41.3 cm³/mol. The normalized spacial score (nSPS) is 25.0. The van der Waals surface area contributed by atoms with Crippen LogP contribution >= 0.6 is 0 Å². The molecule has 0 aliphatic carbocycles. The summed E-state index contributed by atoms with van der Waals surface area (Å²) in [5, 5.41) is 0. The second-order valence-corrected chi connectivity index (χ2v) is 3.25. The van der Waals surface area contributed by atoms with Crippen LogP contribution in [0.1, 0.15) is 19.3 Å². The molecule has 0 N–H and O–H groups in total. The molecule has 1 rings (SSSR count). The van der Waals surface area contributed by atoms with Gasteiger partial charge in [0.05, 0.1) is 12.5 Å². The first-order valence-electron chi connectivity index (χ1n) is 4.29. The second-order valence-electron chi connectivity index (χ2n) is 3.25. The van der Waals surface area contributed by atoms with Crippen LogP contribution in [-0.2, 0) is 4.79 Å². The summed E-state index contributed by atoms with van der Waals surface area (Å²) in [6.45, 7) is 0.562. The van der Waals surface area contributed by atoms with Gasteiger partial charge in [-0.2, -0.15) is 13.2 Å². The molecule has 0 aromatic heterocycles. The molecule has 0 aromatic carbocycles. The summed E-state index contributed by atoms with van der Waals surface area (Å²) in [5.41, 5.74) is 0. The van der Waals surface area contributed by atoms with E-state index in [1.54, 1.807) is 4.90 Å². The van der Waals surface area contributed by atoms with E-state index in [1.807, 2.05) is 0 Å². The lowest BCUT2D eigenvalue weighted by Crippen LogP contribution is -2.33. The molecule has 1 fully saturated rings. The number of rotatable bonds is 3. The van der Waals surface area contributed by atoms with Crippen LogP contribution < -0.4 is 0 Å². The zero-order valence-electron chi connectivity index (χ0n) is 7.18. The first-order chi connectivity index (χ1) is 6.03. The summed E-state index contributed by atoms with van der Waals surface area (Å²) in [6.07, 6.45) is -2.68. The number of carbonyl (C=O) groups is 1. The van der Waals surface area contributed by atoms with Crippen LogP contribution in [0.3, 0.4) is 0 Å². The maximum Gasteiger partial charge on any atom is 0.390 e. The number of hydrogen-bond acceptors (Lipinski definition) is 2. The number of halogens is 3. The standard InChI is InChI=1S/C8H12F3NO/c9-8(10,11)3-5-12-4-1-2-7(12)6-13/h6-7H,1-5H2. The van der Waals surface area contributed by atoms with Gasteiger partial charge in [-0.05, 0) is 19.4 Å². The number of alkyl halides is 3. The Bertz CT molecular complexity index is 181. The van der Waals surface area contributed by atoms with Crippen LogP contribution in [0.2, 0.25) is 0 Å². The number of carbonyl (C=O) groups excluding carboxylic acids is 1. The summed E-state index contributed by atoms with van der Waals surface area (Å²) < 4.78 is 35.5. The van der Waals surface area contributed by atoms with Crippen molar-refractivity contribution >= 4 is 6.29 Å². The highest BCUT2D eigenvalue weighted by Gasteiger charge is 2.31. The molecule has 1 atom stereocenters. The molecule has 1 aliphatic rings. The lowest BCUT2D eigenvalue weighted by molar-refractivity contribution is -0.139. The summed E-state index contributed by atoms with van der Waals surface area (Å²) in [5.74, 6) is 0. The third kappa shape index (κ3) is 3.34. The van der Waals surface area contributed by atoms with Crippen LogP contribution in [0.5, 0.6) is 0 Å². The van der Waals surface area contributed by atoms with E-state index in [0.717, 1.165) is 12.7 Å². The highest BCUT2D eigenvalue weighted by Crippen LogP contribution is 2.22. The van der Waals surface area contributed by atoms with Gasteiger partial charge in [0.15, 0.2) is 0 Å². The Kier molecular flexibility index (Phi) is 3.30. The van der Waals surface area contributed by atoms with Gasteiger partial charge in [0.1, 0.15) is 6.29 Å². The fraction of sp³-hybridized carbons (Fsp3) is 0.875. The predicted octanol–water partition coefficient (Wildman–Crippen LogP) is 1.60. The van der Waals surface area contributed by atoms with E-state index >= 15 is 0 Å². The minimum atomic E-state index is -4.12. The van der Waals surface area contributed by atoms with Gasteiger partial charge < -0.3 is 4.79 Å². The van der Waals surface area contributed by atoms with Crippen molar-refractivity contribution in [2.45, 2.75) is 31.5 Å². The highest BCUT2D eigenvalue weighted by atomic mass is 19.4. The molecule has 0 bridgehead atoms. The van der Waals surface area contributed by atoms with E-state index in [1.165, 1.54) is 0 Å². The molecule has 1 saturated heterocycles. The topological polar surface area (TPSA) is 20.3 Å². The van der Waals surface area contributed by atoms with Crippen molar-refractivity contribution in [2.24, 2.45) is 0 Å². The highest BCUT2D eigenvalue weighted by molar-refractivity contribution is 5.58. The lowest BCUT2D eigenvalue weighted by atomic mass is 10.2. The van der Waals surface area contributed by atoms with Gasteiger partial charge in [-0.25, -0.2) is 0 Å². The molecule has 2 nitrogen and oxygen atoms in total. The number of hydrogen-bond donors (Lipinski definition) is 0. The molecule has 13 heavy (non-hydrogen) atoms. The van der Waals surface area contributed by atoms with E-state index in [0.29, 0.717) is 13.0 Å². The van der Waals surface area contributed by atoms with Gasteiger partial charge in [0, 0.05) is 6.54 Å². The third-order valence-electron chi connectivity index (χ3n) is 2.25. The molecular formula is C8H12F3NO. The average molecular weight is 195 g/mol. The van der Waals surface area contributed by atoms with Crippen LogP contribution in [0.15, 0.2) is 0 Å². The van der Waals surface area contributed by atoms with Crippen molar-refractivity contribution in [1.29, 1.82) is 0 Å². The Morgan fingerprint density at radius 3 is 2.69 bits per heavy atom. The Morgan fingerprint density at radius 1 is 1.46 bits per heavy atom. The van der Waals surface area contributed by atoms with E-state index in [4.69, 9.17) is 0 Å². The molecule has 1 heterocycles. The van der Waals surface area contributed by atoms with Gasteiger partial charge >= 0.3 is 6.18 Å². The summed E-state index contributed by atoms with van der Waals surface area (Å²) in [4.78, 5) is 12.0. The van der Waals surface area contributed by atoms with Crippen LogP contribution in [-0.4, -0.2) is 36.5 Å². The van der Waals surface area contributed by atoms with Crippen molar-refractivity contribution in [3.05, 3.63) is 0 Å². The zero-order valence-corrected chi connectivity index (χ0v) is 7.18. The second kappa shape index (κ2) is 4.09. The Labute approximate surface area is 74.7 Å². The van der Waals surface area contributed by atoms with Crippen LogP contribution in [0.4, 0.5) is 13.2 Å². The minimum absolute atomic E-state index is 0.0487. The molecule has 5 heteroatoms. The number of likely N-dealkylation sites (tertiary alicyclic amines) is 1. The maximum absolute atomic E-state index is 11.8. The smallest absolute Gasteiger partial charge is 0.302 e. The molecular weight excluding hydrogens is 183 g/mol.